The van der Waals surface area contributed by atoms with E-state index in [0.717, 1.165) is 5.03 Å². The summed E-state index contributed by atoms with van der Waals surface area (Å²) >= 11 is 0. The molecule has 3 nitrogen and oxygen atoms in total. The number of rotatable bonds is 7. The maximum Gasteiger partial charge on any atom is 0.311 e. The molecule has 2 rings (SSSR count). The van der Waals surface area contributed by atoms with Gasteiger partial charge in [0.05, 0.1) is 0 Å². The molecule has 10 heteroatoms. The Kier molecular flexibility index (Phi) is 7.27. The summed E-state index contributed by atoms with van der Waals surface area (Å²) in [5.74, 6) is -13.7. The van der Waals surface area contributed by atoms with E-state index in [1.165, 1.54) is 21.6 Å². The van der Waals surface area contributed by atoms with Crippen molar-refractivity contribution in [2.45, 2.75) is 30.0 Å². The van der Waals surface area contributed by atoms with Gasteiger partial charge in [0.2, 0.25) is 34.8 Å². The van der Waals surface area contributed by atoms with Crippen molar-refractivity contribution in [3.63, 3.8) is 0 Å². The van der Waals surface area contributed by atoms with E-state index in [9.17, 15) is 26.7 Å². The number of hydrogen-bond donors (Lipinski definition) is 0. The molecule has 0 saturated carbocycles. The van der Waals surface area contributed by atoms with Gasteiger partial charge in [-0.3, -0.25) is 4.79 Å². The number of carbonyl (C=O) groups excluding carboxylic acids is 1. The van der Waals surface area contributed by atoms with Crippen molar-refractivity contribution in [1.82, 2.24) is 4.98 Å². The normalized spacial score (nSPS) is 12.1. The molecule has 0 amide bonds. The van der Waals surface area contributed by atoms with Gasteiger partial charge in [-0.2, -0.15) is 8.78 Å². The molecule has 26 heavy (non-hydrogen) atoms. The van der Waals surface area contributed by atoms with Crippen molar-refractivity contribution in [1.29, 1.82) is 0 Å². The van der Waals surface area contributed by atoms with Crippen molar-refractivity contribution < 1.29 is 31.5 Å². The zero-order valence-electron chi connectivity index (χ0n) is 13.3. The minimum absolute atomic E-state index is 0.0501. The smallest absolute Gasteiger partial charge is 0.311 e. The van der Waals surface area contributed by atoms with Crippen LogP contribution in [0.4, 0.5) is 22.0 Å². The number of benzene rings is 1. The summed E-state index contributed by atoms with van der Waals surface area (Å²) in [5.41, 5.74) is 0. The topological polar surface area (TPSA) is 39.2 Å². The lowest BCUT2D eigenvalue weighted by Crippen LogP contribution is -2.14. The van der Waals surface area contributed by atoms with Crippen LogP contribution in [0.5, 0.6) is 5.75 Å². The molecular formula is C16H12F5NO2S2. The lowest BCUT2D eigenvalue weighted by Gasteiger charge is -2.11. The van der Waals surface area contributed by atoms with E-state index in [-0.39, 0.29) is 18.1 Å². The third-order valence-electron chi connectivity index (χ3n) is 3.08. The Bertz CT molecular complexity index is 763. The molecule has 1 aromatic carbocycles. The number of nitrogens with zero attached hydrogens (tertiary/aromatic N) is 1. The van der Waals surface area contributed by atoms with Crippen LogP contribution in [0.3, 0.4) is 0 Å². The monoisotopic (exact) mass is 409 g/mol. The van der Waals surface area contributed by atoms with E-state index in [1.54, 1.807) is 12.3 Å². The van der Waals surface area contributed by atoms with Gasteiger partial charge in [-0.1, -0.05) is 23.8 Å². The number of carbonyl (C=O) groups is 1. The molecule has 1 aromatic heterocycles. The van der Waals surface area contributed by atoms with Gasteiger partial charge in [-0.05, 0) is 29.3 Å². The molecule has 1 heterocycles. The molecule has 140 valence electrons. The number of esters is 1. The van der Waals surface area contributed by atoms with E-state index in [1.807, 2.05) is 19.1 Å². The molecule has 0 spiro atoms. The predicted molar refractivity (Wildman–Crippen MR) is 88.2 cm³/mol. The molecule has 0 aliphatic rings. The molecule has 0 aliphatic heterocycles. The van der Waals surface area contributed by atoms with E-state index in [2.05, 4.69) is 9.72 Å². The van der Waals surface area contributed by atoms with Crippen LogP contribution in [0.2, 0.25) is 0 Å². The van der Waals surface area contributed by atoms with Crippen LogP contribution in [0, 0.1) is 29.1 Å². The summed E-state index contributed by atoms with van der Waals surface area (Å²) in [4.78, 5) is 15.8. The van der Waals surface area contributed by atoms with Crippen molar-refractivity contribution >= 4 is 27.6 Å². The molecule has 0 bridgehead atoms. The maximum absolute atomic E-state index is 13.5. The second-order valence-corrected chi connectivity index (χ2v) is 7.73. The minimum Gasteiger partial charge on any atom is -0.420 e. The van der Waals surface area contributed by atoms with Crippen LogP contribution >= 0.6 is 21.6 Å². The fraction of sp³-hybridized carbons (Fsp3) is 0.250. The van der Waals surface area contributed by atoms with Crippen LogP contribution in [0.15, 0.2) is 29.4 Å². The van der Waals surface area contributed by atoms with Gasteiger partial charge in [0, 0.05) is 17.9 Å². The predicted octanol–water partition coefficient (Wildman–Crippen LogP) is 5.29. The highest BCUT2D eigenvalue weighted by atomic mass is 33.1. The lowest BCUT2D eigenvalue weighted by molar-refractivity contribution is -0.134. The molecule has 0 fully saturated rings. The van der Waals surface area contributed by atoms with Gasteiger partial charge in [0.1, 0.15) is 5.03 Å². The van der Waals surface area contributed by atoms with Gasteiger partial charge < -0.3 is 4.74 Å². The fourth-order valence-electron chi connectivity index (χ4n) is 1.74. The molecular weight excluding hydrogens is 397 g/mol. The van der Waals surface area contributed by atoms with Gasteiger partial charge in [-0.15, -0.1) is 0 Å². The van der Waals surface area contributed by atoms with Crippen LogP contribution in [0.25, 0.3) is 0 Å². The number of pyridine rings is 1. The minimum atomic E-state index is -2.31. The van der Waals surface area contributed by atoms with Crippen LogP contribution < -0.4 is 4.74 Å². The molecule has 0 saturated heterocycles. The first-order valence-electron chi connectivity index (χ1n) is 7.27. The molecule has 0 aliphatic carbocycles. The van der Waals surface area contributed by atoms with E-state index < -0.39 is 40.8 Å². The lowest BCUT2D eigenvalue weighted by atomic mass is 10.2. The summed E-state index contributed by atoms with van der Waals surface area (Å²) in [7, 11) is 2.81. The van der Waals surface area contributed by atoms with Gasteiger partial charge in [0.25, 0.3) is 0 Å². The fourth-order valence-corrected chi connectivity index (χ4v) is 3.82. The maximum atomic E-state index is 13.5. The summed E-state index contributed by atoms with van der Waals surface area (Å²) in [6, 6.07) is 5.40. The Balaban J connectivity index is 1.89. The Morgan fingerprint density at radius 1 is 1.08 bits per heavy atom. The zero-order chi connectivity index (χ0) is 19.3. The second kappa shape index (κ2) is 9.22. The van der Waals surface area contributed by atoms with Crippen molar-refractivity contribution in [2.24, 2.45) is 0 Å². The number of ether oxygens (including phenoxy) is 1. The number of halogens is 5. The Morgan fingerprint density at radius 3 is 2.27 bits per heavy atom. The molecule has 1 atom stereocenters. The summed E-state index contributed by atoms with van der Waals surface area (Å²) in [6.45, 7) is 1.81. The van der Waals surface area contributed by atoms with E-state index in [4.69, 9.17) is 0 Å². The zero-order valence-corrected chi connectivity index (χ0v) is 14.9. The largest absolute Gasteiger partial charge is 0.420 e. The molecule has 0 N–H and O–H groups in total. The summed E-state index contributed by atoms with van der Waals surface area (Å²) in [5, 5.41) is 0.722. The Labute approximate surface area is 153 Å². The second-order valence-electron chi connectivity index (χ2n) is 5.07. The van der Waals surface area contributed by atoms with Crippen molar-refractivity contribution in [3.05, 3.63) is 53.5 Å². The quantitative estimate of drug-likeness (QED) is 0.155. The molecule has 1 unspecified atom stereocenters. The highest BCUT2D eigenvalue weighted by molar-refractivity contribution is 8.76. The Morgan fingerprint density at radius 2 is 1.69 bits per heavy atom. The average molecular weight is 409 g/mol. The summed E-state index contributed by atoms with van der Waals surface area (Å²) in [6.07, 6.45) is 1.66. The van der Waals surface area contributed by atoms with Crippen LogP contribution in [0.1, 0.15) is 19.8 Å². The SMILES string of the molecule is CC(CCC(=O)Oc1c(F)c(F)c(F)c(F)c1F)SSc1ccccn1. The molecule has 0 radical (unpaired) electrons. The standard InChI is InChI=1S/C16H12F5NO2S2/c1-8(25-26-9-4-2-3-7-22-9)5-6-10(23)24-16-14(20)12(18)11(17)13(19)15(16)21/h2-4,7-8H,5-6H2,1H3. The third-order valence-corrected chi connectivity index (χ3v) is 5.94. The van der Waals surface area contributed by atoms with Gasteiger partial charge in [-0.25, -0.2) is 18.2 Å². The number of hydrogen-bond acceptors (Lipinski definition) is 5. The highest BCUT2D eigenvalue weighted by Gasteiger charge is 2.28. The Hall–Kier alpha value is -1.81. The first-order valence-corrected chi connectivity index (χ1v) is 9.49. The van der Waals surface area contributed by atoms with Crippen LogP contribution in [-0.4, -0.2) is 16.2 Å². The molecule has 2 aromatic rings. The highest BCUT2D eigenvalue weighted by Crippen LogP contribution is 2.35. The first-order chi connectivity index (χ1) is 12.3. The van der Waals surface area contributed by atoms with Gasteiger partial charge in [0.15, 0.2) is 0 Å². The van der Waals surface area contributed by atoms with Crippen LogP contribution in [-0.2, 0) is 4.79 Å². The summed E-state index contributed by atoms with van der Waals surface area (Å²) < 4.78 is 70.3. The first kappa shape index (κ1) is 20.5. The van der Waals surface area contributed by atoms with Crippen molar-refractivity contribution in [3.8, 4) is 5.75 Å². The van der Waals surface area contributed by atoms with E-state index >= 15 is 0 Å². The van der Waals surface area contributed by atoms with Gasteiger partial charge >= 0.3 is 5.97 Å². The van der Waals surface area contributed by atoms with E-state index in [0.29, 0.717) is 0 Å². The average Bonchev–Trinajstić information content (AvgIpc) is 2.65. The third kappa shape index (κ3) is 5.10. The number of aromatic nitrogens is 1. The van der Waals surface area contributed by atoms with Crippen molar-refractivity contribution in [2.75, 3.05) is 0 Å².